The Hall–Kier alpha value is -1.80. The number of hydrogen-bond donors (Lipinski definition) is 0. The Morgan fingerprint density at radius 3 is 2.57 bits per heavy atom. The Labute approximate surface area is 173 Å². The standard InChI is InChI=1S/C19H17BrClF3N2O2/c1-9-4-12(7-13(5-9)19(22,23)24)17-11(3)26(18(27)28-17)8-14-16(20)10(2)6-15(21)25-14/h4-7,11,17H,8H2,1-3H3/t11-,17-/m0/s1. The van der Waals surface area contributed by atoms with E-state index in [4.69, 9.17) is 16.3 Å². The van der Waals surface area contributed by atoms with E-state index in [-0.39, 0.29) is 6.54 Å². The molecule has 2 heterocycles. The molecule has 28 heavy (non-hydrogen) atoms. The topological polar surface area (TPSA) is 42.4 Å². The van der Waals surface area contributed by atoms with Gasteiger partial charge in [0, 0.05) is 4.47 Å². The van der Waals surface area contributed by atoms with Crippen LogP contribution in [0.1, 0.15) is 41.0 Å². The van der Waals surface area contributed by atoms with E-state index < -0.39 is 30.0 Å². The van der Waals surface area contributed by atoms with Crippen LogP contribution in [-0.2, 0) is 17.5 Å². The Morgan fingerprint density at radius 1 is 1.25 bits per heavy atom. The number of aryl methyl sites for hydroxylation is 2. The first-order chi connectivity index (χ1) is 13.0. The average Bonchev–Trinajstić information content (AvgIpc) is 2.86. The van der Waals surface area contributed by atoms with Crippen molar-refractivity contribution >= 4 is 33.6 Å². The molecule has 0 unspecified atom stereocenters. The molecule has 1 aromatic carbocycles. The van der Waals surface area contributed by atoms with Crippen molar-refractivity contribution in [1.29, 1.82) is 0 Å². The zero-order valence-electron chi connectivity index (χ0n) is 15.3. The SMILES string of the molecule is Cc1cc([C@H]2OC(=O)N(Cc3nc(Cl)cc(C)c3Br)[C@H]2C)cc(C(F)(F)F)c1. The van der Waals surface area contributed by atoms with Crippen LogP contribution in [0.3, 0.4) is 0 Å². The molecule has 1 amide bonds. The van der Waals surface area contributed by atoms with Gasteiger partial charge in [-0.1, -0.05) is 23.2 Å². The van der Waals surface area contributed by atoms with Crippen molar-refractivity contribution in [3.63, 3.8) is 0 Å². The maximum Gasteiger partial charge on any atom is 0.416 e. The molecular weight excluding hydrogens is 461 g/mol. The van der Waals surface area contributed by atoms with Gasteiger partial charge in [0.05, 0.1) is 23.8 Å². The summed E-state index contributed by atoms with van der Waals surface area (Å²) in [5.74, 6) is 0. The van der Waals surface area contributed by atoms with Gasteiger partial charge < -0.3 is 4.74 Å². The van der Waals surface area contributed by atoms with E-state index in [2.05, 4.69) is 20.9 Å². The number of rotatable bonds is 3. The number of nitrogens with zero attached hydrogens (tertiary/aromatic N) is 2. The fourth-order valence-electron chi connectivity index (χ4n) is 3.25. The lowest BCUT2D eigenvalue weighted by molar-refractivity contribution is -0.137. The Balaban J connectivity index is 1.91. The van der Waals surface area contributed by atoms with Gasteiger partial charge in [-0.25, -0.2) is 9.78 Å². The second kappa shape index (κ2) is 7.55. The molecule has 4 nitrogen and oxygen atoms in total. The third-order valence-electron chi connectivity index (χ3n) is 4.64. The molecule has 0 bridgehead atoms. The maximum atomic E-state index is 13.1. The molecule has 1 saturated heterocycles. The minimum Gasteiger partial charge on any atom is -0.439 e. The van der Waals surface area contributed by atoms with E-state index in [1.807, 2.05) is 6.92 Å². The predicted molar refractivity (Wildman–Crippen MR) is 102 cm³/mol. The molecule has 2 atom stereocenters. The second-order valence-corrected chi connectivity index (χ2v) is 8.01. The van der Waals surface area contributed by atoms with Gasteiger partial charge in [-0.3, -0.25) is 4.90 Å². The van der Waals surface area contributed by atoms with Crippen LogP contribution in [0.15, 0.2) is 28.7 Å². The molecule has 1 fully saturated rings. The Kier molecular flexibility index (Phi) is 5.64. The number of alkyl halides is 3. The summed E-state index contributed by atoms with van der Waals surface area (Å²) in [4.78, 5) is 18.1. The Morgan fingerprint density at radius 2 is 1.93 bits per heavy atom. The van der Waals surface area contributed by atoms with Gasteiger partial charge in [0.25, 0.3) is 0 Å². The molecule has 0 saturated carbocycles. The lowest BCUT2D eigenvalue weighted by atomic mass is 9.98. The van der Waals surface area contributed by atoms with Crippen LogP contribution in [0.25, 0.3) is 0 Å². The zero-order valence-corrected chi connectivity index (χ0v) is 17.6. The first kappa shape index (κ1) is 20.9. The smallest absolute Gasteiger partial charge is 0.416 e. The van der Waals surface area contributed by atoms with Gasteiger partial charge in [-0.15, -0.1) is 0 Å². The number of hydrogen-bond acceptors (Lipinski definition) is 3. The van der Waals surface area contributed by atoms with Crippen molar-refractivity contribution in [2.75, 3.05) is 0 Å². The molecular formula is C19H17BrClF3N2O2. The van der Waals surface area contributed by atoms with Crippen molar-refractivity contribution in [3.05, 3.63) is 61.8 Å². The number of pyridine rings is 1. The molecule has 1 aliphatic rings. The quantitative estimate of drug-likeness (QED) is 0.493. The maximum absolute atomic E-state index is 13.1. The van der Waals surface area contributed by atoms with Gasteiger partial charge in [-0.2, -0.15) is 13.2 Å². The molecule has 0 spiro atoms. The molecule has 9 heteroatoms. The molecule has 3 rings (SSSR count). The minimum atomic E-state index is -4.47. The van der Waals surface area contributed by atoms with Crippen LogP contribution in [0, 0.1) is 13.8 Å². The summed E-state index contributed by atoms with van der Waals surface area (Å²) in [5.41, 5.74) is 1.40. The number of amides is 1. The Bertz CT molecular complexity index is 936. The number of carbonyl (C=O) groups excluding carboxylic acids is 1. The van der Waals surface area contributed by atoms with Crippen molar-refractivity contribution in [2.24, 2.45) is 0 Å². The van der Waals surface area contributed by atoms with E-state index in [0.29, 0.717) is 22.0 Å². The van der Waals surface area contributed by atoms with Gasteiger partial charge in [0.15, 0.2) is 0 Å². The lowest BCUT2D eigenvalue weighted by Crippen LogP contribution is -2.32. The largest absolute Gasteiger partial charge is 0.439 e. The summed E-state index contributed by atoms with van der Waals surface area (Å²) in [6.07, 6.45) is -5.90. The molecule has 0 N–H and O–H groups in total. The van der Waals surface area contributed by atoms with E-state index in [9.17, 15) is 18.0 Å². The van der Waals surface area contributed by atoms with Gasteiger partial charge in [0.1, 0.15) is 11.3 Å². The molecule has 2 aromatic rings. The number of halogens is 5. The molecule has 1 aromatic heterocycles. The average molecular weight is 478 g/mol. The molecule has 0 radical (unpaired) electrons. The van der Waals surface area contributed by atoms with Crippen LogP contribution < -0.4 is 0 Å². The zero-order chi connectivity index (χ0) is 20.8. The first-order valence-corrected chi connectivity index (χ1v) is 9.62. The van der Waals surface area contributed by atoms with E-state index >= 15 is 0 Å². The van der Waals surface area contributed by atoms with Crippen LogP contribution in [-0.4, -0.2) is 22.0 Å². The van der Waals surface area contributed by atoms with Gasteiger partial charge in [0.2, 0.25) is 0 Å². The summed E-state index contributed by atoms with van der Waals surface area (Å²) in [6, 6.07) is 4.91. The monoisotopic (exact) mass is 476 g/mol. The number of aromatic nitrogens is 1. The van der Waals surface area contributed by atoms with Crippen molar-refractivity contribution in [1.82, 2.24) is 9.88 Å². The van der Waals surface area contributed by atoms with Gasteiger partial charge >= 0.3 is 12.3 Å². The number of ether oxygens (including phenoxy) is 1. The predicted octanol–water partition coefficient (Wildman–Crippen LogP) is 6.22. The van der Waals surface area contributed by atoms with E-state index in [1.165, 1.54) is 4.90 Å². The highest BCUT2D eigenvalue weighted by Gasteiger charge is 2.41. The van der Waals surface area contributed by atoms with E-state index in [0.717, 1.165) is 22.2 Å². The highest BCUT2D eigenvalue weighted by atomic mass is 79.9. The third kappa shape index (κ3) is 4.12. The highest BCUT2D eigenvalue weighted by molar-refractivity contribution is 9.10. The van der Waals surface area contributed by atoms with Crippen molar-refractivity contribution in [3.8, 4) is 0 Å². The normalized spacial score (nSPS) is 19.9. The van der Waals surface area contributed by atoms with E-state index in [1.54, 1.807) is 26.0 Å². The van der Waals surface area contributed by atoms with Gasteiger partial charge in [-0.05, 0) is 66.0 Å². The van der Waals surface area contributed by atoms with Crippen LogP contribution in [0.4, 0.5) is 18.0 Å². The fourth-order valence-corrected chi connectivity index (χ4v) is 3.84. The van der Waals surface area contributed by atoms with Crippen LogP contribution in [0.5, 0.6) is 0 Å². The minimum absolute atomic E-state index is 0.121. The summed E-state index contributed by atoms with van der Waals surface area (Å²) < 4.78 is 45.6. The molecule has 150 valence electrons. The van der Waals surface area contributed by atoms with Crippen molar-refractivity contribution in [2.45, 2.75) is 45.6 Å². The summed E-state index contributed by atoms with van der Waals surface area (Å²) in [5, 5.41) is 0.293. The second-order valence-electron chi connectivity index (χ2n) is 6.83. The van der Waals surface area contributed by atoms with Crippen LogP contribution >= 0.6 is 27.5 Å². The lowest BCUT2D eigenvalue weighted by Gasteiger charge is -2.22. The van der Waals surface area contributed by atoms with Crippen LogP contribution in [0.2, 0.25) is 5.15 Å². The summed E-state index contributed by atoms with van der Waals surface area (Å²) in [7, 11) is 0. The molecule has 0 aliphatic carbocycles. The fraction of sp³-hybridized carbons (Fsp3) is 0.368. The summed E-state index contributed by atoms with van der Waals surface area (Å²) in [6.45, 7) is 5.28. The number of carbonyl (C=O) groups is 1. The third-order valence-corrected chi connectivity index (χ3v) is 5.92. The number of benzene rings is 1. The molecule has 1 aliphatic heterocycles. The number of cyclic esters (lactones) is 1. The summed E-state index contributed by atoms with van der Waals surface area (Å²) >= 11 is 9.45. The first-order valence-electron chi connectivity index (χ1n) is 8.45. The van der Waals surface area contributed by atoms with Crippen molar-refractivity contribution < 1.29 is 22.7 Å². The highest BCUT2D eigenvalue weighted by Crippen LogP contribution is 2.38.